The van der Waals surface area contributed by atoms with Crippen LogP contribution in [0.5, 0.6) is 0 Å². The third-order valence-electron chi connectivity index (χ3n) is 2.28. The maximum Gasteiger partial charge on any atom is 0.374 e. The lowest BCUT2D eigenvalue weighted by atomic mass is 10.3. The molecule has 0 amide bonds. The fourth-order valence-corrected chi connectivity index (χ4v) is 1.57. The van der Waals surface area contributed by atoms with Gasteiger partial charge in [-0.15, -0.1) is 0 Å². The van der Waals surface area contributed by atoms with E-state index in [2.05, 4.69) is 4.98 Å². The molecule has 0 aliphatic heterocycles. The third kappa shape index (κ3) is 1.84. The molecule has 0 spiro atoms. The number of aromatic nitrogens is 2. The second-order valence-corrected chi connectivity index (χ2v) is 3.35. The Kier molecular flexibility index (Phi) is 2.78. The van der Waals surface area contributed by atoms with Crippen LogP contribution in [0.3, 0.4) is 0 Å². The van der Waals surface area contributed by atoms with Crippen LogP contribution in [0.4, 0.5) is 0 Å². The average Bonchev–Trinajstić information content (AvgIpc) is 2.64. The molecule has 0 atom stereocenters. The number of carbonyl (C=O) groups is 1. The van der Waals surface area contributed by atoms with E-state index in [9.17, 15) is 9.59 Å². The first-order valence-corrected chi connectivity index (χ1v) is 5.11. The van der Waals surface area contributed by atoms with Crippen LogP contribution in [-0.2, 0) is 9.53 Å². The molecule has 1 aromatic heterocycles. The third-order valence-corrected chi connectivity index (χ3v) is 2.28. The summed E-state index contributed by atoms with van der Waals surface area (Å²) < 4.78 is 5.69. The Morgan fingerprint density at radius 3 is 2.88 bits per heavy atom. The summed E-state index contributed by atoms with van der Waals surface area (Å²) >= 11 is 0. The minimum absolute atomic E-state index is 0.165. The van der Waals surface area contributed by atoms with Crippen molar-refractivity contribution in [2.45, 2.75) is 6.92 Å². The normalized spacial score (nSPS) is 10.4. The number of hydrogen-bond donors (Lipinski definition) is 2. The SMILES string of the molecule is CCOC(=O)C(=N)n1c(=O)[nH]c2ccccc21. The summed E-state index contributed by atoms with van der Waals surface area (Å²) in [6.45, 7) is 1.81. The van der Waals surface area contributed by atoms with Gasteiger partial charge in [0.15, 0.2) is 0 Å². The molecule has 6 nitrogen and oxygen atoms in total. The first-order chi connectivity index (χ1) is 8.15. The van der Waals surface area contributed by atoms with E-state index >= 15 is 0 Å². The first-order valence-electron chi connectivity index (χ1n) is 5.11. The maximum absolute atomic E-state index is 11.6. The van der Waals surface area contributed by atoms with Gasteiger partial charge in [0.1, 0.15) is 0 Å². The zero-order chi connectivity index (χ0) is 12.4. The van der Waals surface area contributed by atoms with E-state index in [4.69, 9.17) is 10.1 Å². The molecule has 0 fully saturated rings. The van der Waals surface area contributed by atoms with Crippen LogP contribution in [0.25, 0.3) is 11.0 Å². The molecule has 88 valence electrons. The van der Waals surface area contributed by atoms with E-state index in [1.54, 1.807) is 31.2 Å². The minimum atomic E-state index is -0.820. The quantitative estimate of drug-likeness (QED) is 0.432. The molecule has 0 bridgehead atoms. The Morgan fingerprint density at radius 1 is 1.47 bits per heavy atom. The van der Waals surface area contributed by atoms with Crippen molar-refractivity contribution in [3.8, 4) is 0 Å². The number of H-pyrrole nitrogens is 1. The highest BCUT2D eigenvalue weighted by Crippen LogP contribution is 2.08. The van der Waals surface area contributed by atoms with E-state index in [0.717, 1.165) is 4.57 Å². The van der Waals surface area contributed by atoms with Crippen molar-refractivity contribution >= 4 is 22.8 Å². The summed E-state index contributed by atoms with van der Waals surface area (Å²) in [4.78, 5) is 25.6. The summed E-state index contributed by atoms with van der Waals surface area (Å²) in [5.41, 5.74) is 0.534. The van der Waals surface area contributed by atoms with Crippen molar-refractivity contribution in [2.75, 3.05) is 6.61 Å². The van der Waals surface area contributed by atoms with Crippen molar-refractivity contribution in [3.05, 3.63) is 34.7 Å². The molecular weight excluding hydrogens is 222 g/mol. The highest BCUT2D eigenvalue weighted by molar-refractivity contribution is 6.35. The molecule has 0 saturated heterocycles. The number of esters is 1. The zero-order valence-electron chi connectivity index (χ0n) is 9.19. The predicted octanol–water partition coefficient (Wildman–Crippen LogP) is 0.718. The smallest absolute Gasteiger partial charge is 0.374 e. The van der Waals surface area contributed by atoms with Crippen LogP contribution >= 0.6 is 0 Å². The van der Waals surface area contributed by atoms with E-state index in [-0.39, 0.29) is 6.61 Å². The van der Waals surface area contributed by atoms with Gasteiger partial charge in [0.2, 0.25) is 5.84 Å². The van der Waals surface area contributed by atoms with E-state index in [0.29, 0.717) is 11.0 Å². The van der Waals surface area contributed by atoms with Crippen molar-refractivity contribution < 1.29 is 9.53 Å². The number of hydrogen-bond acceptors (Lipinski definition) is 4. The van der Waals surface area contributed by atoms with Crippen molar-refractivity contribution in [3.63, 3.8) is 0 Å². The number of aromatic amines is 1. The molecule has 6 heteroatoms. The molecule has 1 aromatic carbocycles. The molecule has 17 heavy (non-hydrogen) atoms. The van der Waals surface area contributed by atoms with Gasteiger partial charge in [-0.25, -0.2) is 14.2 Å². The Morgan fingerprint density at radius 2 is 2.18 bits per heavy atom. The number of nitrogens with zero attached hydrogens (tertiary/aromatic N) is 1. The summed E-state index contributed by atoms with van der Waals surface area (Å²) in [6, 6.07) is 6.84. The minimum Gasteiger partial charge on any atom is -0.460 e. The monoisotopic (exact) mass is 233 g/mol. The molecule has 0 radical (unpaired) electrons. The summed E-state index contributed by atoms with van der Waals surface area (Å²) in [6.07, 6.45) is 0. The number of rotatable bonds is 1. The second kappa shape index (κ2) is 4.25. The number of carbonyl (C=O) groups excluding carboxylic acids is 1. The lowest BCUT2D eigenvalue weighted by molar-refractivity contribution is -0.135. The molecule has 2 aromatic rings. The highest BCUT2D eigenvalue weighted by atomic mass is 16.5. The largest absolute Gasteiger partial charge is 0.460 e. The molecular formula is C11H11N3O3. The molecule has 0 aliphatic carbocycles. The Balaban J connectivity index is 2.55. The molecule has 2 N–H and O–H groups in total. The molecule has 0 saturated carbocycles. The number of benzene rings is 1. The van der Waals surface area contributed by atoms with E-state index < -0.39 is 17.5 Å². The number of ether oxygens (including phenoxy) is 1. The van der Waals surface area contributed by atoms with E-state index in [1.807, 2.05) is 0 Å². The second-order valence-electron chi connectivity index (χ2n) is 3.35. The van der Waals surface area contributed by atoms with Gasteiger partial charge >= 0.3 is 11.7 Å². The Bertz CT molecular complexity index is 639. The molecule has 1 heterocycles. The average molecular weight is 233 g/mol. The number of nitrogens with one attached hydrogen (secondary N) is 2. The topological polar surface area (TPSA) is 87.9 Å². The fraction of sp³-hybridized carbons (Fsp3) is 0.182. The van der Waals surface area contributed by atoms with Crippen LogP contribution < -0.4 is 5.69 Å². The Labute approximate surface area is 96.3 Å². The first kappa shape index (κ1) is 11.1. The maximum atomic E-state index is 11.6. The van der Waals surface area contributed by atoms with Gasteiger partial charge in [-0.1, -0.05) is 12.1 Å². The molecule has 0 aliphatic rings. The molecule has 0 unspecified atom stereocenters. The van der Waals surface area contributed by atoms with Gasteiger partial charge in [-0.05, 0) is 19.1 Å². The van der Waals surface area contributed by atoms with Gasteiger partial charge in [0.25, 0.3) is 0 Å². The van der Waals surface area contributed by atoms with Crippen LogP contribution in [0.1, 0.15) is 6.92 Å². The lowest BCUT2D eigenvalue weighted by Gasteiger charge is -2.04. The van der Waals surface area contributed by atoms with Crippen LogP contribution in [-0.4, -0.2) is 28.0 Å². The number of imidazole rings is 1. The highest BCUT2D eigenvalue weighted by Gasteiger charge is 2.18. The van der Waals surface area contributed by atoms with Gasteiger partial charge in [-0.2, -0.15) is 0 Å². The predicted molar refractivity (Wildman–Crippen MR) is 62.3 cm³/mol. The fourth-order valence-electron chi connectivity index (χ4n) is 1.57. The van der Waals surface area contributed by atoms with Crippen LogP contribution in [0.2, 0.25) is 0 Å². The number of fused-ring (bicyclic) bond motifs is 1. The zero-order valence-corrected chi connectivity index (χ0v) is 9.19. The standard InChI is InChI=1S/C11H11N3O3/c1-2-17-10(15)9(12)14-8-6-4-3-5-7(8)13-11(14)16/h3-6,12H,2H2,1H3,(H,13,16). The summed E-state index contributed by atoms with van der Waals surface area (Å²) in [5.74, 6) is -1.31. The van der Waals surface area contributed by atoms with Crippen LogP contribution in [0, 0.1) is 5.41 Å². The van der Waals surface area contributed by atoms with Gasteiger partial charge in [0.05, 0.1) is 17.6 Å². The van der Waals surface area contributed by atoms with Gasteiger partial charge < -0.3 is 9.72 Å². The summed E-state index contributed by atoms with van der Waals surface area (Å²) in [7, 11) is 0. The van der Waals surface area contributed by atoms with E-state index in [1.165, 1.54) is 0 Å². The van der Waals surface area contributed by atoms with Gasteiger partial charge in [0, 0.05) is 0 Å². The van der Waals surface area contributed by atoms with Crippen LogP contribution in [0.15, 0.2) is 29.1 Å². The number of para-hydroxylation sites is 2. The summed E-state index contributed by atoms with van der Waals surface area (Å²) in [5, 5.41) is 7.65. The van der Waals surface area contributed by atoms with Crippen molar-refractivity contribution in [1.29, 1.82) is 5.41 Å². The van der Waals surface area contributed by atoms with Crippen molar-refractivity contribution in [1.82, 2.24) is 9.55 Å². The van der Waals surface area contributed by atoms with Crippen molar-refractivity contribution in [2.24, 2.45) is 0 Å². The van der Waals surface area contributed by atoms with Gasteiger partial charge in [-0.3, -0.25) is 5.41 Å². The lowest BCUT2D eigenvalue weighted by Crippen LogP contribution is -2.31. The molecule has 2 rings (SSSR count). The Hall–Kier alpha value is -2.37.